The van der Waals surface area contributed by atoms with Crippen molar-refractivity contribution in [3.8, 4) is 0 Å². The minimum absolute atomic E-state index is 0.132. The number of halogens is 2. The Kier molecular flexibility index (Phi) is 4.16. The highest BCUT2D eigenvalue weighted by Gasteiger charge is 2.39. The molecule has 21 heavy (non-hydrogen) atoms. The standard InChI is InChI=1S/C17H24F2N2/c1-2-15-11-20-17(6-4-3-5-7-17)12-21(15)16-9-13(18)8-14(19)10-16/h8-10,15,20H,2-7,11-12H2,1H3. The van der Waals surface area contributed by atoms with Crippen LogP contribution in [0.25, 0.3) is 0 Å². The molecular formula is C17H24F2N2. The van der Waals surface area contributed by atoms with Crippen LogP contribution in [0.5, 0.6) is 0 Å². The molecule has 1 saturated carbocycles. The van der Waals surface area contributed by atoms with Crippen LogP contribution >= 0.6 is 0 Å². The molecule has 1 spiro atoms. The van der Waals surface area contributed by atoms with Gasteiger partial charge in [-0.05, 0) is 31.4 Å². The third-order valence-electron chi connectivity index (χ3n) is 5.09. The predicted molar refractivity (Wildman–Crippen MR) is 81.6 cm³/mol. The lowest BCUT2D eigenvalue weighted by Crippen LogP contribution is -2.65. The normalized spacial score (nSPS) is 25.3. The van der Waals surface area contributed by atoms with Crippen molar-refractivity contribution in [1.82, 2.24) is 5.32 Å². The van der Waals surface area contributed by atoms with Gasteiger partial charge in [-0.1, -0.05) is 26.2 Å². The van der Waals surface area contributed by atoms with Crippen LogP contribution in [0.1, 0.15) is 45.4 Å². The Balaban J connectivity index is 1.88. The summed E-state index contributed by atoms with van der Waals surface area (Å²) in [6.45, 7) is 3.89. The summed E-state index contributed by atoms with van der Waals surface area (Å²) in [5, 5.41) is 3.74. The highest BCUT2D eigenvalue weighted by Crippen LogP contribution is 2.34. The summed E-state index contributed by atoms with van der Waals surface area (Å²) in [6.07, 6.45) is 7.09. The molecule has 1 N–H and O–H groups in total. The van der Waals surface area contributed by atoms with E-state index in [1.165, 1.54) is 31.4 Å². The second-order valence-electron chi connectivity index (χ2n) is 6.54. The molecule has 1 unspecified atom stereocenters. The van der Waals surface area contributed by atoms with E-state index >= 15 is 0 Å². The SMILES string of the molecule is CCC1CNC2(CCCCC2)CN1c1cc(F)cc(F)c1. The van der Waals surface area contributed by atoms with Crippen LogP contribution in [0.15, 0.2) is 18.2 Å². The van der Waals surface area contributed by atoms with E-state index in [-0.39, 0.29) is 5.54 Å². The molecule has 2 aliphatic rings. The highest BCUT2D eigenvalue weighted by atomic mass is 19.1. The summed E-state index contributed by atoms with van der Waals surface area (Å²) in [5.41, 5.74) is 0.818. The topological polar surface area (TPSA) is 15.3 Å². The number of hydrogen-bond acceptors (Lipinski definition) is 2. The van der Waals surface area contributed by atoms with Crippen molar-refractivity contribution in [3.63, 3.8) is 0 Å². The summed E-state index contributed by atoms with van der Waals surface area (Å²) in [5.74, 6) is -0.979. The van der Waals surface area contributed by atoms with Crippen LogP contribution in [0, 0.1) is 11.6 Å². The van der Waals surface area contributed by atoms with Gasteiger partial charge in [0, 0.05) is 36.4 Å². The average molecular weight is 294 g/mol. The molecular weight excluding hydrogens is 270 g/mol. The number of nitrogens with zero attached hydrogens (tertiary/aromatic N) is 1. The molecule has 1 atom stereocenters. The quantitative estimate of drug-likeness (QED) is 0.891. The number of piperazine rings is 1. The van der Waals surface area contributed by atoms with E-state index in [4.69, 9.17) is 0 Å². The van der Waals surface area contributed by atoms with E-state index in [1.807, 2.05) is 0 Å². The molecule has 2 nitrogen and oxygen atoms in total. The number of rotatable bonds is 2. The predicted octanol–water partition coefficient (Wildman–Crippen LogP) is 3.86. The monoisotopic (exact) mass is 294 g/mol. The lowest BCUT2D eigenvalue weighted by Gasteiger charge is -2.50. The first-order valence-electron chi connectivity index (χ1n) is 8.10. The van der Waals surface area contributed by atoms with Crippen LogP contribution < -0.4 is 10.2 Å². The van der Waals surface area contributed by atoms with Gasteiger partial charge < -0.3 is 10.2 Å². The van der Waals surface area contributed by atoms with Crippen molar-refractivity contribution in [1.29, 1.82) is 0 Å². The second-order valence-corrected chi connectivity index (χ2v) is 6.54. The first-order chi connectivity index (χ1) is 10.1. The average Bonchev–Trinajstić information content (AvgIpc) is 2.47. The summed E-state index contributed by atoms with van der Waals surface area (Å²) < 4.78 is 27.1. The van der Waals surface area contributed by atoms with Gasteiger partial charge in [0.15, 0.2) is 0 Å². The van der Waals surface area contributed by atoms with Gasteiger partial charge in [-0.25, -0.2) is 8.78 Å². The number of benzene rings is 1. The molecule has 1 aromatic carbocycles. The van der Waals surface area contributed by atoms with Crippen LogP contribution in [0.2, 0.25) is 0 Å². The fraction of sp³-hybridized carbons (Fsp3) is 0.647. The Morgan fingerprint density at radius 2 is 1.81 bits per heavy atom. The molecule has 1 heterocycles. The molecule has 1 aliphatic carbocycles. The van der Waals surface area contributed by atoms with Crippen molar-refractivity contribution in [2.75, 3.05) is 18.0 Å². The molecule has 2 fully saturated rings. The van der Waals surface area contributed by atoms with Gasteiger partial charge in [0.2, 0.25) is 0 Å². The summed E-state index contributed by atoms with van der Waals surface area (Å²) >= 11 is 0. The lowest BCUT2D eigenvalue weighted by molar-refractivity contribution is 0.195. The summed E-state index contributed by atoms with van der Waals surface area (Å²) in [4.78, 5) is 2.22. The molecule has 0 bridgehead atoms. The third-order valence-corrected chi connectivity index (χ3v) is 5.09. The van der Waals surface area contributed by atoms with E-state index in [0.717, 1.165) is 38.4 Å². The molecule has 0 aromatic heterocycles. The fourth-order valence-electron chi connectivity index (χ4n) is 3.89. The van der Waals surface area contributed by atoms with Crippen LogP contribution in [0.3, 0.4) is 0 Å². The molecule has 0 amide bonds. The molecule has 4 heteroatoms. The zero-order chi connectivity index (χ0) is 14.9. The highest BCUT2D eigenvalue weighted by molar-refractivity contribution is 5.49. The lowest BCUT2D eigenvalue weighted by atomic mass is 9.79. The molecule has 0 radical (unpaired) electrons. The summed E-state index contributed by atoms with van der Waals surface area (Å²) in [6, 6.07) is 4.18. The van der Waals surface area contributed by atoms with Gasteiger partial charge in [-0.15, -0.1) is 0 Å². The van der Waals surface area contributed by atoms with Gasteiger partial charge in [0.1, 0.15) is 11.6 Å². The number of hydrogen-bond donors (Lipinski definition) is 1. The molecule has 1 saturated heterocycles. The van der Waals surface area contributed by atoms with E-state index in [2.05, 4.69) is 17.1 Å². The first kappa shape index (κ1) is 14.8. The van der Waals surface area contributed by atoms with Crippen LogP contribution in [0.4, 0.5) is 14.5 Å². The van der Waals surface area contributed by atoms with Gasteiger partial charge in [-0.2, -0.15) is 0 Å². The van der Waals surface area contributed by atoms with Crippen molar-refractivity contribution in [3.05, 3.63) is 29.8 Å². The second kappa shape index (κ2) is 5.91. The van der Waals surface area contributed by atoms with E-state index in [0.29, 0.717) is 11.7 Å². The van der Waals surface area contributed by atoms with Crippen molar-refractivity contribution in [2.45, 2.75) is 57.0 Å². The minimum atomic E-state index is -0.490. The minimum Gasteiger partial charge on any atom is -0.365 e. The number of nitrogens with one attached hydrogen (secondary N) is 1. The van der Waals surface area contributed by atoms with Gasteiger partial charge in [0.05, 0.1) is 0 Å². The Bertz CT molecular complexity index is 477. The molecule has 3 rings (SSSR count). The summed E-state index contributed by atoms with van der Waals surface area (Å²) in [7, 11) is 0. The zero-order valence-electron chi connectivity index (χ0n) is 12.7. The maximum absolute atomic E-state index is 13.6. The maximum atomic E-state index is 13.6. The Morgan fingerprint density at radius 3 is 2.43 bits per heavy atom. The molecule has 1 aromatic rings. The van der Waals surface area contributed by atoms with Gasteiger partial charge in [0.25, 0.3) is 0 Å². The van der Waals surface area contributed by atoms with Crippen LogP contribution in [-0.4, -0.2) is 24.7 Å². The Morgan fingerprint density at radius 1 is 1.14 bits per heavy atom. The first-order valence-corrected chi connectivity index (χ1v) is 8.10. The van der Waals surface area contributed by atoms with E-state index < -0.39 is 11.6 Å². The number of anilines is 1. The fourth-order valence-corrected chi connectivity index (χ4v) is 3.89. The van der Waals surface area contributed by atoms with E-state index in [9.17, 15) is 8.78 Å². The van der Waals surface area contributed by atoms with Crippen molar-refractivity contribution < 1.29 is 8.78 Å². The Hall–Kier alpha value is -1.16. The smallest absolute Gasteiger partial charge is 0.128 e. The zero-order valence-corrected chi connectivity index (χ0v) is 12.7. The van der Waals surface area contributed by atoms with E-state index in [1.54, 1.807) is 0 Å². The Labute approximate surface area is 125 Å². The van der Waals surface area contributed by atoms with Crippen LogP contribution in [-0.2, 0) is 0 Å². The van der Waals surface area contributed by atoms with Crippen molar-refractivity contribution in [2.24, 2.45) is 0 Å². The van der Waals surface area contributed by atoms with Gasteiger partial charge >= 0.3 is 0 Å². The van der Waals surface area contributed by atoms with Gasteiger partial charge in [-0.3, -0.25) is 0 Å². The molecule has 1 aliphatic heterocycles. The third kappa shape index (κ3) is 3.05. The maximum Gasteiger partial charge on any atom is 0.128 e. The molecule has 116 valence electrons. The largest absolute Gasteiger partial charge is 0.365 e. The van der Waals surface area contributed by atoms with Crippen molar-refractivity contribution >= 4 is 5.69 Å².